The summed E-state index contributed by atoms with van der Waals surface area (Å²) in [4.78, 5) is 0. The van der Waals surface area contributed by atoms with E-state index in [9.17, 15) is 8.78 Å². The summed E-state index contributed by atoms with van der Waals surface area (Å²) in [5, 5.41) is 3.96. The van der Waals surface area contributed by atoms with Crippen molar-refractivity contribution in [2.24, 2.45) is 0 Å². The van der Waals surface area contributed by atoms with Gasteiger partial charge in [0.1, 0.15) is 5.03 Å². The van der Waals surface area contributed by atoms with Crippen LogP contribution < -0.4 is 0 Å². The first-order valence-corrected chi connectivity index (χ1v) is 4.32. The zero-order valence-electron chi connectivity index (χ0n) is 5.59. The molecule has 1 aromatic rings. The van der Waals surface area contributed by atoms with Gasteiger partial charge in [-0.05, 0) is 6.26 Å². The van der Waals surface area contributed by atoms with Gasteiger partial charge in [0.15, 0.2) is 0 Å². The molecule has 0 atom stereocenters. The van der Waals surface area contributed by atoms with E-state index in [1.165, 1.54) is 6.20 Å². The van der Waals surface area contributed by atoms with Gasteiger partial charge in [-0.15, -0.1) is 11.8 Å². The molecule has 0 saturated heterocycles. The highest BCUT2D eigenvalue weighted by atomic mass is 35.5. The Morgan fingerprint density at radius 1 is 1.73 bits per heavy atom. The third-order valence-electron chi connectivity index (χ3n) is 1.09. The second-order valence-electron chi connectivity index (χ2n) is 1.72. The lowest BCUT2D eigenvalue weighted by molar-refractivity contribution is 0.0475. The maximum atomic E-state index is 12.1. The zero-order valence-corrected chi connectivity index (χ0v) is 7.16. The summed E-state index contributed by atoms with van der Waals surface area (Å²) in [6.45, 7) is -2.62. The SMILES string of the molecule is CSc1c(Cl)cnn1C(F)F. The van der Waals surface area contributed by atoms with Gasteiger partial charge in [-0.25, -0.2) is 0 Å². The Bertz CT molecular complexity index is 251. The predicted octanol–water partition coefficient (Wildman–Crippen LogP) is 2.65. The van der Waals surface area contributed by atoms with E-state index < -0.39 is 6.55 Å². The molecular formula is C5H5ClF2N2S. The van der Waals surface area contributed by atoms with Crippen LogP contribution in [0.4, 0.5) is 8.78 Å². The second-order valence-corrected chi connectivity index (χ2v) is 2.93. The Kier molecular flexibility index (Phi) is 2.72. The largest absolute Gasteiger partial charge is 0.334 e. The summed E-state index contributed by atoms with van der Waals surface area (Å²) in [5.74, 6) is 0. The fourth-order valence-corrected chi connectivity index (χ4v) is 1.58. The van der Waals surface area contributed by atoms with Crippen molar-refractivity contribution >= 4 is 23.4 Å². The lowest BCUT2D eigenvalue weighted by Gasteiger charge is -2.01. The molecule has 0 aliphatic heterocycles. The molecule has 0 spiro atoms. The Morgan fingerprint density at radius 2 is 2.36 bits per heavy atom. The number of halogens is 3. The lowest BCUT2D eigenvalue weighted by atomic mass is 10.7. The molecule has 6 heteroatoms. The Balaban J connectivity index is 3.05. The van der Waals surface area contributed by atoms with Crippen molar-refractivity contribution in [3.63, 3.8) is 0 Å². The molecule has 11 heavy (non-hydrogen) atoms. The maximum Gasteiger partial charge on any atom is 0.334 e. The van der Waals surface area contributed by atoms with E-state index in [-0.39, 0.29) is 5.02 Å². The molecular weight excluding hydrogens is 194 g/mol. The molecule has 1 rings (SSSR count). The molecule has 0 radical (unpaired) electrons. The first kappa shape index (κ1) is 8.80. The van der Waals surface area contributed by atoms with Gasteiger partial charge in [0.25, 0.3) is 0 Å². The van der Waals surface area contributed by atoms with E-state index in [2.05, 4.69) is 5.10 Å². The van der Waals surface area contributed by atoms with Gasteiger partial charge in [-0.2, -0.15) is 18.6 Å². The molecule has 0 fully saturated rings. The molecule has 62 valence electrons. The fourth-order valence-electron chi connectivity index (χ4n) is 0.660. The molecule has 0 amide bonds. The average Bonchev–Trinajstić information content (AvgIpc) is 2.30. The highest BCUT2D eigenvalue weighted by molar-refractivity contribution is 7.98. The van der Waals surface area contributed by atoms with Crippen molar-refractivity contribution in [2.45, 2.75) is 11.6 Å². The smallest absolute Gasteiger partial charge is 0.196 e. The van der Waals surface area contributed by atoms with Crippen molar-refractivity contribution in [2.75, 3.05) is 6.26 Å². The summed E-state index contributed by atoms with van der Waals surface area (Å²) in [6, 6.07) is 0. The summed E-state index contributed by atoms with van der Waals surface area (Å²) in [5.41, 5.74) is 0. The fraction of sp³-hybridized carbons (Fsp3) is 0.400. The van der Waals surface area contributed by atoms with Gasteiger partial charge in [-0.1, -0.05) is 11.6 Å². The minimum Gasteiger partial charge on any atom is -0.196 e. The van der Waals surface area contributed by atoms with Gasteiger partial charge in [0, 0.05) is 0 Å². The minimum atomic E-state index is -2.62. The standard InChI is InChI=1S/C5H5ClF2N2S/c1-11-4-3(6)2-9-10(4)5(7)8/h2,5H,1H3. The topological polar surface area (TPSA) is 17.8 Å². The predicted molar refractivity (Wildman–Crippen MR) is 40.3 cm³/mol. The van der Waals surface area contributed by atoms with E-state index in [1.54, 1.807) is 6.26 Å². The van der Waals surface area contributed by atoms with Crippen LogP contribution in [0, 0.1) is 0 Å². The number of aromatic nitrogens is 2. The minimum absolute atomic E-state index is 0.262. The van der Waals surface area contributed by atoms with Crippen LogP contribution >= 0.6 is 23.4 Å². The number of thioether (sulfide) groups is 1. The molecule has 0 aromatic carbocycles. The number of alkyl halides is 2. The highest BCUT2D eigenvalue weighted by Gasteiger charge is 2.14. The summed E-state index contributed by atoms with van der Waals surface area (Å²) in [7, 11) is 0. The maximum absolute atomic E-state index is 12.1. The van der Waals surface area contributed by atoms with Crippen molar-refractivity contribution in [3.05, 3.63) is 11.2 Å². The normalized spacial score (nSPS) is 11.0. The third-order valence-corrected chi connectivity index (χ3v) is 2.27. The molecule has 1 aromatic heterocycles. The van der Waals surface area contributed by atoms with Crippen molar-refractivity contribution < 1.29 is 8.78 Å². The number of hydrogen-bond acceptors (Lipinski definition) is 2. The molecule has 0 unspecified atom stereocenters. The van der Waals surface area contributed by atoms with Crippen molar-refractivity contribution in [1.82, 2.24) is 9.78 Å². The van der Waals surface area contributed by atoms with Gasteiger partial charge in [0.05, 0.1) is 11.2 Å². The molecule has 0 aliphatic rings. The molecule has 0 saturated carbocycles. The third kappa shape index (κ3) is 1.65. The van der Waals surface area contributed by atoms with Crippen molar-refractivity contribution in [1.29, 1.82) is 0 Å². The van der Waals surface area contributed by atoms with Crippen LogP contribution in [0.1, 0.15) is 6.55 Å². The monoisotopic (exact) mass is 198 g/mol. The van der Waals surface area contributed by atoms with Crippen LogP contribution in [0.25, 0.3) is 0 Å². The van der Waals surface area contributed by atoms with E-state index >= 15 is 0 Å². The van der Waals surface area contributed by atoms with Crippen molar-refractivity contribution in [3.8, 4) is 0 Å². The summed E-state index contributed by atoms with van der Waals surface area (Å²) >= 11 is 6.70. The van der Waals surface area contributed by atoms with E-state index in [0.29, 0.717) is 9.71 Å². The van der Waals surface area contributed by atoms with Gasteiger partial charge in [0.2, 0.25) is 0 Å². The van der Waals surface area contributed by atoms with Gasteiger partial charge < -0.3 is 0 Å². The van der Waals surface area contributed by atoms with Crippen LogP contribution in [-0.4, -0.2) is 16.0 Å². The quantitative estimate of drug-likeness (QED) is 0.680. The number of hydrogen-bond donors (Lipinski definition) is 0. The first-order valence-electron chi connectivity index (χ1n) is 2.72. The zero-order chi connectivity index (χ0) is 8.43. The van der Waals surface area contributed by atoms with E-state index in [1.807, 2.05) is 0 Å². The molecule has 0 bridgehead atoms. The van der Waals surface area contributed by atoms with Crippen LogP contribution in [0.3, 0.4) is 0 Å². The van der Waals surface area contributed by atoms with Crippen LogP contribution in [0.2, 0.25) is 5.02 Å². The lowest BCUT2D eigenvalue weighted by Crippen LogP contribution is -2.00. The first-order chi connectivity index (χ1) is 5.16. The Labute approximate surface area is 71.5 Å². The highest BCUT2D eigenvalue weighted by Crippen LogP contribution is 2.27. The molecule has 1 heterocycles. The summed E-state index contributed by atoms with van der Waals surface area (Å²) in [6.07, 6.45) is 2.88. The van der Waals surface area contributed by atoms with E-state index in [4.69, 9.17) is 11.6 Å². The molecule has 0 aliphatic carbocycles. The van der Waals surface area contributed by atoms with Crippen LogP contribution in [0.15, 0.2) is 11.2 Å². The van der Waals surface area contributed by atoms with E-state index in [0.717, 1.165) is 11.8 Å². The van der Waals surface area contributed by atoms with Gasteiger partial charge in [-0.3, -0.25) is 0 Å². The summed E-state index contributed by atoms with van der Waals surface area (Å²) < 4.78 is 24.7. The number of rotatable bonds is 2. The van der Waals surface area contributed by atoms with Crippen LogP contribution in [-0.2, 0) is 0 Å². The Morgan fingerprint density at radius 3 is 2.73 bits per heavy atom. The molecule has 0 N–H and O–H groups in total. The van der Waals surface area contributed by atoms with Gasteiger partial charge >= 0.3 is 6.55 Å². The number of nitrogens with zero attached hydrogens (tertiary/aromatic N) is 2. The second kappa shape index (κ2) is 3.40. The molecule has 2 nitrogen and oxygen atoms in total. The average molecular weight is 199 g/mol. The van der Waals surface area contributed by atoms with Crippen LogP contribution in [0.5, 0.6) is 0 Å². The Hall–Kier alpha value is -0.290.